The fourth-order valence-electron chi connectivity index (χ4n) is 1.17. The highest BCUT2D eigenvalue weighted by Crippen LogP contribution is 2.32. The van der Waals surface area contributed by atoms with E-state index in [1.165, 1.54) is 0 Å². The molecule has 0 aliphatic heterocycles. The van der Waals surface area contributed by atoms with Crippen LogP contribution in [0.2, 0.25) is 0 Å². The minimum absolute atomic E-state index is 0.229. The molecule has 0 fully saturated rings. The number of amides is 1. The van der Waals surface area contributed by atoms with Crippen LogP contribution >= 0.6 is 11.8 Å². The van der Waals surface area contributed by atoms with Gasteiger partial charge in [-0.1, -0.05) is 32.9 Å². The lowest BCUT2D eigenvalue weighted by Gasteiger charge is -2.19. The van der Waals surface area contributed by atoms with Gasteiger partial charge >= 0.3 is 6.18 Å². The zero-order chi connectivity index (χ0) is 14.7. The van der Waals surface area contributed by atoms with Crippen molar-refractivity contribution in [2.45, 2.75) is 31.8 Å². The second kappa shape index (κ2) is 5.86. The molecular formula is C13H16F3NOS. The molecule has 2 nitrogen and oxygen atoms in total. The van der Waals surface area contributed by atoms with E-state index in [-0.39, 0.29) is 5.91 Å². The lowest BCUT2D eigenvalue weighted by atomic mass is 9.95. The number of para-hydroxylation sites is 1. The number of hydrogen-bond donors (Lipinski definition) is 1. The van der Waals surface area contributed by atoms with Gasteiger partial charge in [-0.2, -0.15) is 13.2 Å². The zero-order valence-corrected chi connectivity index (χ0v) is 11.8. The van der Waals surface area contributed by atoms with E-state index in [4.69, 9.17) is 0 Å². The van der Waals surface area contributed by atoms with Crippen molar-refractivity contribution in [3.05, 3.63) is 24.3 Å². The Bertz CT molecular complexity index is 452. The van der Waals surface area contributed by atoms with E-state index in [2.05, 4.69) is 5.32 Å². The predicted octanol–water partition coefficient (Wildman–Crippen LogP) is 4.33. The number of rotatable bonds is 3. The molecule has 0 aromatic heterocycles. The first-order chi connectivity index (χ1) is 8.59. The maximum atomic E-state index is 12.2. The third kappa shape index (κ3) is 5.55. The molecule has 106 valence electrons. The van der Waals surface area contributed by atoms with Gasteiger partial charge in [0.1, 0.15) is 0 Å². The molecule has 0 radical (unpaired) electrons. The van der Waals surface area contributed by atoms with Crippen molar-refractivity contribution in [1.82, 2.24) is 0 Å². The molecule has 0 saturated carbocycles. The fourth-order valence-corrected chi connectivity index (χ4v) is 1.93. The van der Waals surface area contributed by atoms with Crippen molar-refractivity contribution in [1.29, 1.82) is 0 Å². The lowest BCUT2D eigenvalue weighted by molar-refractivity contribution is -0.123. The molecule has 1 N–H and O–H groups in total. The topological polar surface area (TPSA) is 29.1 Å². The smallest absolute Gasteiger partial charge is 0.325 e. The van der Waals surface area contributed by atoms with E-state index >= 15 is 0 Å². The SMILES string of the molecule is CC(C)(C)C(=O)Nc1ccccc1SCC(F)(F)F. The number of nitrogens with one attached hydrogen (secondary N) is 1. The van der Waals surface area contributed by atoms with Gasteiger partial charge < -0.3 is 5.32 Å². The minimum Gasteiger partial charge on any atom is -0.325 e. The lowest BCUT2D eigenvalue weighted by Crippen LogP contribution is -2.27. The Morgan fingerprint density at radius 2 is 1.79 bits per heavy atom. The third-order valence-corrected chi connectivity index (χ3v) is 3.35. The molecule has 1 amide bonds. The summed E-state index contributed by atoms with van der Waals surface area (Å²) < 4.78 is 36.6. The summed E-state index contributed by atoms with van der Waals surface area (Å²) in [5, 5.41) is 2.66. The minimum atomic E-state index is -4.23. The van der Waals surface area contributed by atoms with E-state index < -0.39 is 17.3 Å². The Kier molecular flexibility index (Phi) is 4.90. The Morgan fingerprint density at radius 3 is 2.32 bits per heavy atom. The van der Waals surface area contributed by atoms with Gasteiger partial charge in [-0.05, 0) is 12.1 Å². The van der Waals surface area contributed by atoms with Crippen LogP contribution in [0.25, 0.3) is 0 Å². The normalized spacial score (nSPS) is 12.3. The number of hydrogen-bond acceptors (Lipinski definition) is 2. The van der Waals surface area contributed by atoms with Gasteiger partial charge in [0.15, 0.2) is 0 Å². The zero-order valence-electron chi connectivity index (χ0n) is 11.0. The molecule has 19 heavy (non-hydrogen) atoms. The predicted molar refractivity (Wildman–Crippen MR) is 71.3 cm³/mol. The van der Waals surface area contributed by atoms with Gasteiger partial charge in [0.05, 0.1) is 11.4 Å². The summed E-state index contributed by atoms with van der Waals surface area (Å²) in [5.74, 6) is -1.21. The van der Waals surface area contributed by atoms with E-state index in [1.54, 1.807) is 45.0 Å². The van der Waals surface area contributed by atoms with Crippen LogP contribution in [0, 0.1) is 5.41 Å². The molecule has 1 rings (SSSR count). The Labute approximate surface area is 114 Å². The Morgan fingerprint density at radius 1 is 1.21 bits per heavy atom. The van der Waals surface area contributed by atoms with E-state index in [9.17, 15) is 18.0 Å². The largest absolute Gasteiger partial charge is 0.398 e. The maximum absolute atomic E-state index is 12.2. The van der Waals surface area contributed by atoms with Crippen LogP contribution in [0.3, 0.4) is 0 Å². The number of halogens is 3. The Balaban J connectivity index is 2.82. The first kappa shape index (κ1) is 15.9. The number of carbonyl (C=O) groups is 1. The van der Waals surface area contributed by atoms with Gasteiger partial charge in [-0.15, -0.1) is 11.8 Å². The first-order valence-corrected chi connectivity index (χ1v) is 6.68. The summed E-state index contributed by atoms with van der Waals surface area (Å²) >= 11 is 0.667. The second-order valence-corrected chi connectivity index (χ2v) is 6.12. The highest BCUT2D eigenvalue weighted by atomic mass is 32.2. The first-order valence-electron chi connectivity index (χ1n) is 5.69. The van der Waals surface area contributed by atoms with Gasteiger partial charge in [-0.3, -0.25) is 4.79 Å². The van der Waals surface area contributed by atoms with Crippen molar-refractivity contribution in [3.8, 4) is 0 Å². The van der Waals surface area contributed by atoms with Crippen LogP contribution < -0.4 is 5.32 Å². The molecular weight excluding hydrogens is 275 g/mol. The molecule has 1 aromatic carbocycles. The van der Waals surface area contributed by atoms with E-state index in [0.29, 0.717) is 22.3 Å². The van der Waals surface area contributed by atoms with Gasteiger partial charge in [-0.25, -0.2) is 0 Å². The second-order valence-electron chi connectivity index (χ2n) is 5.10. The number of benzene rings is 1. The molecule has 0 spiro atoms. The molecule has 0 heterocycles. The summed E-state index contributed by atoms with van der Waals surface area (Å²) in [4.78, 5) is 12.3. The Hall–Kier alpha value is -1.17. The molecule has 0 atom stereocenters. The molecule has 0 saturated heterocycles. The molecule has 6 heteroatoms. The molecule has 0 unspecified atom stereocenters. The van der Waals surface area contributed by atoms with Crippen molar-refractivity contribution < 1.29 is 18.0 Å². The van der Waals surface area contributed by atoms with Crippen LogP contribution in [0.1, 0.15) is 20.8 Å². The third-order valence-electron chi connectivity index (χ3n) is 2.21. The average molecular weight is 291 g/mol. The standard InChI is InChI=1S/C13H16F3NOS/c1-12(2,3)11(18)17-9-6-4-5-7-10(9)19-8-13(14,15)16/h4-7H,8H2,1-3H3,(H,17,18). The monoisotopic (exact) mass is 291 g/mol. The summed E-state index contributed by atoms with van der Waals surface area (Å²) in [7, 11) is 0. The molecule has 0 aliphatic carbocycles. The quantitative estimate of drug-likeness (QED) is 0.840. The van der Waals surface area contributed by atoms with Crippen molar-refractivity contribution in [3.63, 3.8) is 0 Å². The number of carbonyl (C=O) groups excluding carboxylic acids is 1. The van der Waals surface area contributed by atoms with Gasteiger partial charge in [0, 0.05) is 10.3 Å². The van der Waals surface area contributed by atoms with E-state index in [0.717, 1.165) is 0 Å². The highest BCUT2D eigenvalue weighted by molar-refractivity contribution is 7.99. The van der Waals surface area contributed by atoms with Gasteiger partial charge in [0.25, 0.3) is 0 Å². The summed E-state index contributed by atoms with van der Waals surface area (Å²) in [6.45, 7) is 5.23. The van der Waals surface area contributed by atoms with Crippen molar-refractivity contribution in [2.24, 2.45) is 5.41 Å². The molecule has 0 bridgehead atoms. The summed E-state index contributed by atoms with van der Waals surface area (Å²) in [5.41, 5.74) is -0.182. The maximum Gasteiger partial charge on any atom is 0.398 e. The van der Waals surface area contributed by atoms with Crippen molar-refractivity contribution >= 4 is 23.4 Å². The number of thioether (sulfide) groups is 1. The van der Waals surface area contributed by atoms with Gasteiger partial charge in [0.2, 0.25) is 5.91 Å². The van der Waals surface area contributed by atoms with Crippen LogP contribution in [-0.4, -0.2) is 17.8 Å². The summed E-state index contributed by atoms with van der Waals surface area (Å²) in [6.07, 6.45) is -4.23. The average Bonchev–Trinajstić information content (AvgIpc) is 2.25. The van der Waals surface area contributed by atoms with Crippen molar-refractivity contribution in [2.75, 3.05) is 11.1 Å². The van der Waals surface area contributed by atoms with Crippen LogP contribution in [0.4, 0.5) is 18.9 Å². The molecule has 1 aromatic rings. The van der Waals surface area contributed by atoms with Crippen LogP contribution in [0.5, 0.6) is 0 Å². The van der Waals surface area contributed by atoms with Crippen LogP contribution in [-0.2, 0) is 4.79 Å². The van der Waals surface area contributed by atoms with E-state index in [1.807, 2.05) is 0 Å². The number of alkyl halides is 3. The fraction of sp³-hybridized carbons (Fsp3) is 0.462. The highest BCUT2D eigenvalue weighted by Gasteiger charge is 2.28. The number of anilines is 1. The molecule has 0 aliphatic rings. The summed E-state index contributed by atoms with van der Waals surface area (Å²) in [6, 6.07) is 6.48. The van der Waals surface area contributed by atoms with Crippen LogP contribution in [0.15, 0.2) is 29.2 Å².